The molecule has 1 unspecified atom stereocenters. The molecule has 2 N–H and O–H groups in total. The molecule has 0 radical (unpaired) electrons. The number of benzene rings is 1. The van der Waals surface area contributed by atoms with E-state index < -0.39 is 0 Å². The first-order valence-electron chi connectivity index (χ1n) is 8.85. The van der Waals surface area contributed by atoms with Gasteiger partial charge in [0, 0.05) is 24.2 Å². The first-order chi connectivity index (χ1) is 13.6. The van der Waals surface area contributed by atoms with Crippen LogP contribution < -0.4 is 20.1 Å². The lowest BCUT2D eigenvalue weighted by atomic mass is 10.1. The van der Waals surface area contributed by atoms with Crippen LogP contribution in [-0.4, -0.2) is 38.8 Å². The van der Waals surface area contributed by atoms with Crippen LogP contribution in [0.25, 0.3) is 5.95 Å². The number of anilines is 1. The molecule has 4 rings (SSSR count). The van der Waals surface area contributed by atoms with Crippen LogP contribution in [0.1, 0.15) is 24.2 Å². The molecule has 144 valence electrons. The Labute approximate surface area is 161 Å². The second-order valence-electron chi connectivity index (χ2n) is 6.42. The summed E-state index contributed by atoms with van der Waals surface area (Å²) >= 11 is 0. The van der Waals surface area contributed by atoms with Crippen LogP contribution in [0.15, 0.2) is 43.0 Å². The second kappa shape index (κ2) is 7.55. The van der Waals surface area contributed by atoms with Crippen molar-refractivity contribution in [1.29, 1.82) is 0 Å². The Kier molecular flexibility index (Phi) is 4.79. The van der Waals surface area contributed by atoms with Gasteiger partial charge in [0.1, 0.15) is 12.1 Å². The van der Waals surface area contributed by atoms with E-state index in [0.717, 1.165) is 17.0 Å². The van der Waals surface area contributed by atoms with E-state index >= 15 is 0 Å². The summed E-state index contributed by atoms with van der Waals surface area (Å²) in [6.45, 7) is 4.11. The van der Waals surface area contributed by atoms with Crippen LogP contribution in [0.5, 0.6) is 11.5 Å². The van der Waals surface area contributed by atoms with Gasteiger partial charge in [0.25, 0.3) is 0 Å². The normalized spacial score (nSPS) is 13.2. The Hall–Kier alpha value is -3.62. The van der Waals surface area contributed by atoms with Gasteiger partial charge in [-0.25, -0.2) is 9.97 Å². The Bertz CT molecular complexity index is 989. The quantitative estimate of drug-likeness (QED) is 0.674. The van der Waals surface area contributed by atoms with Crippen molar-refractivity contribution in [2.45, 2.75) is 19.9 Å². The minimum atomic E-state index is -0.169. The summed E-state index contributed by atoms with van der Waals surface area (Å²) in [6.07, 6.45) is 5.04. The average Bonchev–Trinajstić information content (AvgIpc) is 3.37. The summed E-state index contributed by atoms with van der Waals surface area (Å²) < 4.78 is 12.4. The largest absolute Gasteiger partial charge is 0.454 e. The Morgan fingerprint density at radius 2 is 2.11 bits per heavy atom. The van der Waals surface area contributed by atoms with Crippen LogP contribution in [0.2, 0.25) is 0 Å². The van der Waals surface area contributed by atoms with Gasteiger partial charge in [-0.1, -0.05) is 6.07 Å². The average molecular weight is 380 g/mol. The molecule has 0 fully saturated rings. The maximum atomic E-state index is 12.3. The highest BCUT2D eigenvalue weighted by Crippen LogP contribution is 2.34. The zero-order chi connectivity index (χ0) is 19.5. The lowest BCUT2D eigenvalue weighted by molar-refractivity contribution is -0.120. The van der Waals surface area contributed by atoms with E-state index in [0.29, 0.717) is 17.5 Å². The summed E-state index contributed by atoms with van der Waals surface area (Å²) in [6, 6.07) is 7.26. The SMILES string of the molecule is Cc1cc(NCC(=O)NC(C)c2ccc3c(c2)OCO3)nc(-n2ccnc2)n1. The van der Waals surface area contributed by atoms with Gasteiger partial charge < -0.3 is 20.1 Å². The van der Waals surface area contributed by atoms with Crippen molar-refractivity contribution in [3.8, 4) is 17.4 Å². The summed E-state index contributed by atoms with van der Waals surface area (Å²) in [5, 5.41) is 6.00. The van der Waals surface area contributed by atoms with Gasteiger partial charge in [0.15, 0.2) is 11.5 Å². The lowest BCUT2D eigenvalue weighted by Crippen LogP contribution is -2.32. The molecule has 1 aromatic carbocycles. The Morgan fingerprint density at radius 3 is 2.93 bits per heavy atom. The molecule has 1 aliphatic heterocycles. The molecule has 3 aromatic rings. The molecular formula is C19H20N6O3. The van der Waals surface area contributed by atoms with Crippen molar-refractivity contribution >= 4 is 11.7 Å². The number of amides is 1. The van der Waals surface area contributed by atoms with Gasteiger partial charge in [-0.2, -0.15) is 4.98 Å². The summed E-state index contributed by atoms with van der Waals surface area (Å²) in [7, 11) is 0. The number of hydrogen-bond acceptors (Lipinski definition) is 7. The molecule has 28 heavy (non-hydrogen) atoms. The molecule has 0 saturated heterocycles. The molecule has 9 nitrogen and oxygen atoms in total. The molecule has 0 saturated carbocycles. The van der Waals surface area contributed by atoms with E-state index in [1.807, 2.05) is 32.0 Å². The number of ether oxygens (including phenoxy) is 2. The van der Waals surface area contributed by atoms with Gasteiger partial charge in [0.2, 0.25) is 18.6 Å². The third kappa shape index (κ3) is 3.88. The predicted octanol–water partition coefficient (Wildman–Crippen LogP) is 1.99. The van der Waals surface area contributed by atoms with Crippen molar-refractivity contribution in [2.24, 2.45) is 0 Å². The number of aryl methyl sites for hydroxylation is 1. The van der Waals surface area contributed by atoms with Gasteiger partial charge in [-0.05, 0) is 31.5 Å². The van der Waals surface area contributed by atoms with Crippen LogP contribution >= 0.6 is 0 Å². The lowest BCUT2D eigenvalue weighted by Gasteiger charge is -2.15. The number of nitrogens with zero attached hydrogens (tertiary/aromatic N) is 4. The molecular weight excluding hydrogens is 360 g/mol. The van der Waals surface area contributed by atoms with Crippen LogP contribution in [0.3, 0.4) is 0 Å². The summed E-state index contributed by atoms with van der Waals surface area (Å²) in [5.41, 5.74) is 1.73. The molecule has 9 heteroatoms. The third-order valence-electron chi connectivity index (χ3n) is 4.28. The molecule has 1 atom stereocenters. The van der Waals surface area contributed by atoms with Crippen LogP contribution in [-0.2, 0) is 4.79 Å². The van der Waals surface area contributed by atoms with Crippen molar-refractivity contribution in [1.82, 2.24) is 24.8 Å². The number of carbonyl (C=O) groups is 1. The number of nitrogens with one attached hydrogen (secondary N) is 2. The van der Waals surface area contributed by atoms with Crippen molar-refractivity contribution in [3.63, 3.8) is 0 Å². The standard InChI is InChI=1S/C19H20N6O3/c1-12-7-17(24-19(22-12)25-6-5-20-10-25)21-9-18(26)23-13(2)14-3-4-15-16(8-14)28-11-27-15/h3-8,10,13H,9,11H2,1-2H3,(H,23,26)(H,21,22,24). The van der Waals surface area contributed by atoms with Gasteiger partial charge in [-0.15, -0.1) is 0 Å². The number of aromatic nitrogens is 4. The predicted molar refractivity (Wildman–Crippen MR) is 102 cm³/mol. The Morgan fingerprint density at radius 1 is 1.25 bits per heavy atom. The molecule has 0 aliphatic carbocycles. The number of rotatable bonds is 6. The summed E-state index contributed by atoms with van der Waals surface area (Å²) in [4.78, 5) is 25.1. The van der Waals surface area contributed by atoms with Gasteiger partial charge in [-0.3, -0.25) is 9.36 Å². The number of hydrogen-bond donors (Lipinski definition) is 2. The van der Waals surface area contributed by atoms with E-state index in [4.69, 9.17) is 9.47 Å². The number of imidazole rings is 1. The van der Waals surface area contributed by atoms with E-state index in [2.05, 4.69) is 25.6 Å². The smallest absolute Gasteiger partial charge is 0.239 e. The molecule has 0 spiro atoms. The van der Waals surface area contributed by atoms with Crippen molar-refractivity contribution < 1.29 is 14.3 Å². The highest BCUT2D eigenvalue weighted by molar-refractivity contribution is 5.80. The third-order valence-corrected chi connectivity index (χ3v) is 4.28. The zero-order valence-electron chi connectivity index (χ0n) is 15.5. The highest BCUT2D eigenvalue weighted by Gasteiger charge is 2.17. The fourth-order valence-electron chi connectivity index (χ4n) is 2.87. The van der Waals surface area contributed by atoms with Gasteiger partial charge >= 0.3 is 0 Å². The monoisotopic (exact) mass is 380 g/mol. The zero-order valence-corrected chi connectivity index (χ0v) is 15.5. The fourth-order valence-corrected chi connectivity index (χ4v) is 2.87. The van der Waals surface area contributed by atoms with E-state index in [-0.39, 0.29) is 25.3 Å². The molecule has 0 bridgehead atoms. The molecule has 3 heterocycles. The van der Waals surface area contributed by atoms with E-state index in [1.165, 1.54) is 0 Å². The fraction of sp³-hybridized carbons (Fsp3) is 0.263. The maximum absolute atomic E-state index is 12.3. The first kappa shape index (κ1) is 17.8. The van der Waals surface area contributed by atoms with E-state index in [1.54, 1.807) is 29.4 Å². The minimum absolute atomic E-state index is 0.0920. The van der Waals surface area contributed by atoms with Crippen LogP contribution in [0.4, 0.5) is 5.82 Å². The first-order valence-corrected chi connectivity index (χ1v) is 8.85. The van der Waals surface area contributed by atoms with Crippen molar-refractivity contribution in [3.05, 3.63) is 54.2 Å². The van der Waals surface area contributed by atoms with E-state index in [9.17, 15) is 4.79 Å². The Balaban J connectivity index is 1.37. The van der Waals surface area contributed by atoms with Crippen molar-refractivity contribution in [2.75, 3.05) is 18.7 Å². The second-order valence-corrected chi connectivity index (χ2v) is 6.42. The minimum Gasteiger partial charge on any atom is -0.454 e. The number of carbonyl (C=O) groups excluding carboxylic acids is 1. The topological polar surface area (TPSA) is 103 Å². The molecule has 1 amide bonds. The molecule has 1 aliphatic rings. The van der Waals surface area contributed by atoms with Crippen LogP contribution in [0, 0.1) is 6.92 Å². The van der Waals surface area contributed by atoms with Gasteiger partial charge in [0.05, 0.1) is 12.6 Å². The molecule has 2 aromatic heterocycles. The summed E-state index contributed by atoms with van der Waals surface area (Å²) in [5.74, 6) is 2.33. The number of fused-ring (bicyclic) bond motifs is 1. The highest BCUT2D eigenvalue weighted by atomic mass is 16.7. The maximum Gasteiger partial charge on any atom is 0.239 e.